The van der Waals surface area contributed by atoms with Crippen LogP contribution in [0.5, 0.6) is 0 Å². The number of para-hydroxylation sites is 1. The molecule has 1 heterocycles. The first-order valence-electron chi connectivity index (χ1n) is 9.47. The predicted octanol–water partition coefficient (Wildman–Crippen LogP) is 5.19. The number of carbonyl (C=O) groups is 1. The number of carbonyl (C=O) groups excluding carboxylic acids is 1. The lowest BCUT2D eigenvalue weighted by atomic mass is 9.97. The molecule has 0 fully saturated rings. The average Bonchev–Trinajstić information content (AvgIpc) is 3.10. The van der Waals surface area contributed by atoms with Crippen molar-refractivity contribution >= 4 is 27.5 Å². The quantitative estimate of drug-likeness (QED) is 0.483. The Morgan fingerprint density at radius 1 is 0.926 bits per heavy atom. The summed E-state index contributed by atoms with van der Waals surface area (Å²) in [6, 6.07) is 21.8. The van der Waals surface area contributed by atoms with E-state index < -0.39 is 0 Å². The molecule has 0 amide bonds. The molecular weight excluding hydrogens is 334 g/mol. The van der Waals surface area contributed by atoms with E-state index in [1.165, 1.54) is 0 Å². The van der Waals surface area contributed by atoms with E-state index in [1.54, 1.807) is 0 Å². The maximum atomic E-state index is 13.4. The Bertz CT molecular complexity index is 1100. The van der Waals surface area contributed by atoms with E-state index in [0.29, 0.717) is 18.5 Å². The van der Waals surface area contributed by atoms with Gasteiger partial charge in [-0.2, -0.15) is 0 Å². The second-order valence-corrected chi connectivity index (χ2v) is 6.96. The first-order chi connectivity index (χ1) is 13.2. The van der Waals surface area contributed by atoms with Crippen LogP contribution in [0.15, 0.2) is 72.9 Å². The Morgan fingerprint density at radius 3 is 2.44 bits per heavy atom. The van der Waals surface area contributed by atoms with Crippen LogP contribution in [-0.2, 0) is 6.54 Å². The molecule has 136 valence electrons. The zero-order valence-electron chi connectivity index (χ0n) is 15.4. The zero-order chi connectivity index (χ0) is 18.8. The number of hydrogen-bond donors (Lipinski definition) is 1. The van der Waals surface area contributed by atoms with Crippen molar-refractivity contribution in [2.45, 2.75) is 32.4 Å². The smallest absolute Gasteiger partial charge is 0.195 e. The fourth-order valence-corrected chi connectivity index (χ4v) is 3.67. The van der Waals surface area contributed by atoms with Gasteiger partial charge in [0.05, 0.1) is 6.10 Å². The molecule has 1 atom stereocenters. The van der Waals surface area contributed by atoms with Crippen LogP contribution in [0.3, 0.4) is 0 Å². The van der Waals surface area contributed by atoms with Crippen LogP contribution in [0.1, 0.15) is 35.7 Å². The van der Waals surface area contributed by atoms with E-state index in [2.05, 4.69) is 4.57 Å². The van der Waals surface area contributed by atoms with Crippen molar-refractivity contribution in [3.63, 3.8) is 0 Å². The molecule has 1 aromatic heterocycles. The van der Waals surface area contributed by atoms with Gasteiger partial charge in [0.25, 0.3) is 0 Å². The number of aliphatic hydroxyl groups is 1. The minimum Gasteiger partial charge on any atom is -0.393 e. The van der Waals surface area contributed by atoms with Gasteiger partial charge in [-0.1, -0.05) is 67.6 Å². The molecule has 3 aromatic carbocycles. The summed E-state index contributed by atoms with van der Waals surface area (Å²) in [7, 11) is 0. The fraction of sp³-hybridized carbons (Fsp3) is 0.208. The fourth-order valence-electron chi connectivity index (χ4n) is 3.67. The number of rotatable bonds is 6. The third-order valence-electron chi connectivity index (χ3n) is 5.24. The molecule has 4 aromatic rings. The third-order valence-corrected chi connectivity index (χ3v) is 5.24. The van der Waals surface area contributed by atoms with E-state index in [0.717, 1.165) is 33.7 Å². The second-order valence-electron chi connectivity index (χ2n) is 6.96. The van der Waals surface area contributed by atoms with Gasteiger partial charge in [0.2, 0.25) is 0 Å². The van der Waals surface area contributed by atoms with Gasteiger partial charge in [-0.25, -0.2) is 0 Å². The predicted molar refractivity (Wildman–Crippen MR) is 110 cm³/mol. The molecule has 0 saturated heterocycles. The Balaban J connectivity index is 1.80. The standard InChI is InChI=1S/C24H23NO2/c1-2-18(26)14-15-25-16-22(20-11-5-6-13-23(20)25)24(27)21-12-7-9-17-8-3-4-10-19(17)21/h3-13,16,18,26H,2,14-15H2,1H3/t18-/m0/s1. The van der Waals surface area contributed by atoms with Crippen LogP contribution >= 0.6 is 0 Å². The molecule has 27 heavy (non-hydrogen) atoms. The van der Waals surface area contributed by atoms with Gasteiger partial charge < -0.3 is 9.67 Å². The van der Waals surface area contributed by atoms with Crippen molar-refractivity contribution in [3.8, 4) is 0 Å². The minimum absolute atomic E-state index is 0.0396. The van der Waals surface area contributed by atoms with Crippen molar-refractivity contribution in [1.82, 2.24) is 4.57 Å². The van der Waals surface area contributed by atoms with Crippen LogP contribution in [0.2, 0.25) is 0 Å². The number of benzene rings is 3. The summed E-state index contributed by atoms with van der Waals surface area (Å²) in [6.45, 7) is 2.67. The second kappa shape index (κ2) is 7.37. The summed E-state index contributed by atoms with van der Waals surface area (Å²) in [4.78, 5) is 13.4. The lowest BCUT2D eigenvalue weighted by molar-refractivity contribution is 0.104. The zero-order valence-corrected chi connectivity index (χ0v) is 15.4. The van der Waals surface area contributed by atoms with Gasteiger partial charge in [-0.3, -0.25) is 4.79 Å². The van der Waals surface area contributed by atoms with E-state index in [4.69, 9.17) is 0 Å². The highest BCUT2D eigenvalue weighted by Crippen LogP contribution is 2.27. The maximum absolute atomic E-state index is 13.4. The van der Waals surface area contributed by atoms with Crippen LogP contribution in [-0.4, -0.2) is 21.6 Å². The minimum atomic E-state index is -0.316. The van der Waals surface area contributed by atoms with Gasteiger partial charge >= 0.3 is 0 Å². The topological polar surface area (TPSA) is 42.2 Å². The molecule has 1 N–H and O–H groups in total. The first-order valence-corrected chi connectivity index (χ1v) is 9.47. The van der Waals surface area contributed by atoms with Crippen molar-refractivity contribution in [2.24, 2.45) is 0 Å². The summed E-state index contributed by atoms with van der Waals surface area (Å²) in [5, 5.41) is 12.9. The Hall–Kier alpha value is -2.91. The number of aryl methyl sites for hydroxylation is 1. The van der Waals surface area contributed by atoms with Gasteiger partial charge in [-0.05, 0) is 29.7 Å². The normalized spacial score (nSPS) is 12.5. The SMILES string of the molecule is CC[C@H](O)CCn1cc(C(=O)c2cccc3ccccc23)c2ccccc21. The number of fused-ring (bicyclic) bond motifs is 2. The van der Waals surface area contributed by atoms with E-state index in [-0.39, 0.29) is 11.9 Å². The monoisotopic (exact) mass is 357 g/mol. The lowest BCUT2D eigenvalue weighted by Gasteiger charge is -2.09. The summed E-state index contributed by atoms with van der Waals surface area (Å²) in [6.07, 6.45) is 3.04. The molecule has 0 radical (unpaired) electrons. The molecule has 0 aliphatic carbocycles. The summed E-state index contributed by atoms with van der Waals surface area (Å²) < 4.78 is 2.09. The molecule has 0 aliphatic heterocycles. The molecular formula is C24H23NO2. The van der Waals surface area contributed by atoms with E-state index in [9.17, 15) is 9.90 Å². The van der Waals surface area contributed by atoms with Gasteiger partial charge in [-0.15, -0.1) is 0 Å². The van der Waals surface area contributed by atoms with Crippen molar-refractivity contribution in [1.29, 1.82) is 0 Å². The molecule has 0 aliphatic rings. The van der Waals surface area contributed by atoms with E-state index >= 15 is 0 Å². The van der Waals surface area contributed by atoms with Gasteiger partial charge in [0.15, 0.2) is 5.78 Å². The lowest BCUT2D eigenvalue weighted by Crippen LogP contribution is -2.09. The summed E-state index contributed by atoms with van der Waals surface area (Å²) >= 11 is 0. The number of ketones is 1. The molecule has 3 nitrogen and oxygen atoms in total. The van der Waals surface area contributed by atoms with Gasteiger partial charge in [0.1, 0.15) is 0 Å². The highest BCUT2D eigenvalue weighted by Gasteiger charge is 2.18. The number of aromatic nitrogens is 1. The Kier molecular flexibility index (Phi) is 4.78. The maximum Gasteiger partial charge on any atom is 0.195 e. The highest BCUT2D eigenvalue weighted by molar-refractivity contribution is 6.21. The number of aliphatic hydroxyl groups excluding tert-OH is 1. The molecule has 3 heteroatoms. The molecule has 0 unspecified atom stereocenters. The molecule has 0 saturated carbocycles. The Labute approximate surface area is 158 Å². The highest BCUT2D eigenvalue weighted by atomic mass is 16.3. The number of nitrogens with zero attached hydrogens (tertiary/aromatic N) is 1. The first kappa shape index (κ1) is 17.5. The third kappa shape index (κ3) is 3.26. The van der Waals surface area contributed by atoms with E-state index in [1.807, 2.05) is 79.9 Å². The summed E-state index contributed by atoms with van der Waals surface area (Å²) in [5.41, 5.74) is 2.47. The molecule has 0 bridgehead atoms. The average molecular weight is 357 g/mol. The largest absolute Gasteiger partial charge is 0.393 e. The van der Waals surface area contributed by atoms with Crippen LogP contribution in [0, 0.1) is 0 Å². The van der Waals surface area contributed by atoms with Crippen LogP contribution in [0.4, 0.5) is 0 Å². The van der Waals surface area contributed by atoms with Crippen LogP contribution in [0.25, 0.3) is 21.7 Å². The summed E-state index contributed by atoms with van der Waals surface area (Å²) in [5.74, 6) is 0.0396. The Morgan fingerprint density at radius 2 is 1.63 bits per heavy atom. The van der Waals surface area contributed by atoms with Crippen molar-refractivity contribution < 1.29 is 9.90 Å². The molecule has 0 spiro atoms. The van der Waals surface area contributed by atoms with Gasteiger partial charge in [0, 0.05) is 34.8 Å². The molecule has 4 rings (SSSR count). The van der Waals surface area contributed by atoms with Crippen LogP contribution < -0.4 is 0 Å². The van der Waals surface area contributed by atoms with Crippen molar-refractivity contribution in [3.05, 3.63) is 84.1 Å². The van der Waals surface area contributed by atoms with Crippen molar-refractivity contribution in [2.75, 3.05) is 0 Å². The number of hydrogen-bond acceptors (Lipinski definition) is 2.